The molecule has 10 heteroatoms. The lowest BCUT2D eigenvalue weighted by Crippen LogP contribution is -2.50. The Kier molecular flexibility index (Phi) is 5.73. The highest BCUT2D eigenvalue weighted by atomic mass is 32.2. The number of hydroxylamine groups is 1. The van der Waals surface area contributed by atoms with Crippen LogP contribution in [0.4, 0.5) is 4.39 Å². The summed E-state index contributed by atoms with van der Waals surface area (Å²) in [5.74, 6) is -1.70. The number of sulfone groups is 1. The molecule has 1 atom stereocenters. The number of carbonyl (C=O) groups excluding carboxylic acids is 1. The summed E-state index contributed by atoms with van der Waals surface area (Å²) in [6, 6.07) is 11.4. The third kappa shape index (κ3) is 3.83. The zero-order chi connectivity index (χ0) is 22.1. The van der Waals surface area contributed by atoms with Crippen molar-refractivity contribution in [1.29, 1.82) is 0 Å². The number of carbonyl (C=O) groups is 1. The Labute approximate surface area is 171 Å². The first kappa shape index (κ1) is 21.6. The minimum absolute atomic E-state index is 0.0300. The molecule has 1 heterocycles. The Morgan fingerprint density at radius 2 is 1.93 bits per heavy atom. The van der Waals surface area contributed by atoms with Gasteiger partial charge in [-0.1, -0.05) is 30.3 Å². The number of nitrogens with one attached hydrogen (secondary N) is 1. The maximum Gasteiger partial charge on any atom is 0.264 e. The Balaban J connectivity index is 2.00. The van der Waals surface area contributed by atoms with Gasteiger partial charge in [0.25, 0.3) is 11.5 Å². The number of amides is 1. The SMILES string of the molecule is CC(CCn1cnc2cc(-c3ccccc3)c(F)cc2c1=O)(C(=O)NO)S(C)(=O)=O. The van der Waals surface area contributed by atoms with Gasteiger partial charge in [0.15, 0.2) is 14.6 Å². The number of benzene rings is 2. The Morgan fingerprint density at radius 1 is 1.27 bits per heavy atom. The van der Waals surface area contributed by atoms with E-state index in [9.17, 15) is 22.4 Å². The van der Waals surface area contributed by atoms with Crippen molar-refractivity contribution in [2.45, 2.75) is 24.6 Å². The lowest BCUT2D eigenvalue weighted by atomic mass is 10.0. The molecule has 0 saturated carbocycles. The third-order valence-corrected chi connectivity index (χ3v) is 7.25. The molecule has 3 rings (SSSR count). The summed E-state index contributed by atoms with van der Waals surface area (Å²) in [6.07, 6.45) is 1.79. The van der Waals surface area contributed by atoms with Crippen molar-refractivity contribution < 1.29 is 22.8 Å². The van der Waals surface area contributed by atoms with Gasteiger partial charge in [0.05, 0.1) is 17.2 Å². The molecule has 1 unspecified atom stereocenters. The molecule has 2 aromatic carbocycles. The predicted octanol–water partition coefficient (Wildman–Crippen LogP) is 1.90. The Morgan fingerprint density at radius 3 is 2.53 bits per heavy atom. The number of halogens is 1. The highest BCUT2D eigenvalue weighted by Gasteiger charge is 2.43. The fourth-order valence-corrected chi connectivity index (χ4v) is 3.94. The van der Waals surface area contributed by atoms with Crippen LogP contribution in [0.25, 0.3) is 22.0 Å². The van der Waals surface area contributed by atoms with Gasteiger partial charge in [-0.2, -0.15) is 0 Å². The van der Waals surface area contributed by atoms with Crippen molar-refractivity contribution in [2.75, 3.05) is 6.26 Å². The van der Waals surface area contributed by atoms with Gasteiger partial charge < -0.3 is 0 Å². The average Bonchev–Trinajstić information content (AvgIpc) is 2.72. The van der Waals surface area contributed by atoms with Gasteiger partial charge in [-0.3, -0.25) is 19.4 Å². The molecule has 0 saturated heterocycles. The van der Waals surface area contributed by atoms with E-state index in [0.717, 1.165) is 23.8 Å². The molecule has 158 valence electrons. The summed E-state index contributed by atoms with van der Waals surface area (Å²) in [7, 11) is -3.91. The zero-order valence-corrected chi connectivity index (χ0v) is 17.1. The van der Waals surface area contributed by atoms with E-state index in [4.69, 9.17) is 5.21 Å². The van der Waals surface area contributed by atoms with Crippen LogP contribution in [0.3, 0.4) is 0 Å². The molecule has 1 aromatic heterocycles. The number of aromatic nitrogens is 2. The van der Waals surface area contributed by atoms with E-state index in [2.05, 4.69) is 4.98 Å². The molecule has 0 spiro atoms. The summed E-state index contributed by atoms with van der Waals surface area (Å²) in [5.41, 5.74) is 2.01. The predicted molar refractivity (Wildman–Crippen MR) is 109 cm³/mol. The number of nitrogens with zero attached hydrogens (tertiary/aromatic N) is 2. The van der Waals surface area contributed by atoms with E-state index in [1.54, 1.807) is 30.3 Å². The second kappa shape index (κ2) is 7.96. The van der Waals surface area contributed by atoms with Gasteiger partial charge in [-0.15, -0.1) is 0 Å². The monoisotopic (exact) mass is 433 g/mol. The fraction of sp³-hybridized carbons (Fsp3) is 0.250. The second-order valence-corrected chi connectivity index (χ2v) is 9.60. The van der Waals surface area contributed by atoms with Gasteiger partial charge in [0.2, 0.25) is 0 Å². The molecule has 0 fully saturated rings. The minimum Gasteiger partial charge on any atom is -0.299 e. The van der Waals surface area contributed by atoms with Crippen molar-refractivity contribution in [2.24, 2.45) is 0 Å². The van der Waals surface area contributed by atoms with E-state index in [-0.39, 0.29) is 23.9 Å². The molecule has 2 N–H and O–H groups in total. The first-order valence-electron chi connectivity index (χ1n) is 8.97. The van der Waals surface area contributed by atoms with E-state index >= 15 is 0 Å². The van der Waals surface area contributed by atoms with Crippen LogP contribution in [-0.4, -0.2) is 40.1 Å². The molecule has 0 radical (unpaired) electrons. The summed E-state index contributed by atoms with van der Waals surface area (Å²) in [5, 5.41) is 8.92. The first-order chi connectivity index (χ1) is 14.1. The number of aryl methyl sites for hydroxylation is 1. The van der Waals surface area contributed by atoms with E-state index < -0.39 is 31.9 Å². The fourth-order valence-electron chi connectivity index (χ4n) is 3.10. The molecule has 8 nitrogen and oxygen atoms in total. The smallest absolute Gasteiger partial charge is 0.264 e. The van der Waals surface area contributed by atoms with Crippen molar-refractivity contribution in [3.8, 4) is 11.1 Å². The van der Waals surface area contributed by atoms with Crippen LogP contribution in [0.5, 0.6) is 0 Å². The normalized spacial score (nSPS) is 13.7. The first-order valence-corrected chi connectivity index (χ1v) is 10.9. The summed E-state index contributed by atoms with van der Waals surface area (Å²) < 4.78 is 37.9. The van der Waals surface area contributed by atoms with Crippen LogP contribution < -0.4 is 11.0 Å². The van der Waals surface area contributed by atoms with Gasteiger partial charge in [0, 0.05) is 18.4 Å². The Bertz CT molecular complexity index is 1270. The second-order valence-electron chi connectivity index (χ2n) is 7.15. The summed E-state index contributed by atoms with van der Waals surface area (Å²) in [6.45, 7) is 0.972. The van der Waals surface area contributed by atoms with Crippen LogP contribution in [0.15, 0.2) is 53.6 Å². The number of hydrogen-bond acceptors (Lipinski definition) is 6. The number of rotatable bonds is 6. The molecule has 0 aliphatic carbocycles. The van der Waals surface area contributed by atoms with E-state index in [1.807, 2.05) is 0 Å². The van der Waals surface area contributed by atoms with Crippen LogP contribution in [0.1, 0.15) is 13.3 Å². The largest absolute Gasteiger partial charge is 0.299 e. The molecule has 1 amide bonds. The van der Waals surface area contributed by atoms with Crippen molar-refractivity contribution in [1.82, 2.24) is 15.0 Å². The highest BCUT2D eigenvalue weighted by Crippen LogP contribution is 2.26. The van der Waals surface area contributed by atoms with Crippen LogP contribution in [0, 0.1) is 5.82 Å². The average molecular weight is 433 g/mol. The van der Waals surface area contributed by atoms with E-state index in [0.29, 0.717) is 11.1 Å². The third-order valence-electron chi connectivity index (χ3n) is 5.23. The minimum atomic E-state index is -3.91. The lowest BCUT2D eigenvalue weighted by molar-refractivity contribution is -0.131. The Hall–Kier alpha value is -3.11. The molecule has 0 aliphatic rings. The van der Waals surface area contributed by atoms with Crippen LogP contribution >= 0.6 is 0 Å². The summed E-state index contributed by atoms with van der Waals surface area (Å²) in [4.78, 5) is 28.9. The molecule has 0 aliphatic heterocycles. The van der Waals surface area contributed by atoms with Crippen molar-refractivity contribution >= 4 is 26.6 Å². The molecular formula is C20H20FN3O5S. The molecule has 30 heavy (non-hydrogen) atoms. The maximum absolute atomic E-state index is 14.7. The van der Waals surface area contributed by atoms with Gasteiger partial charge in [-0.05, 0) is 31.0 Å². The molecule has 3 aromatic rings. The molecule has 0 bridgehead atoms. The van der Waals surface area contributed by atoms with Gasteiger partial charge in [-0.25, -0.2) is 23.3 Å². The van der Waals surface area contributed by atoms with Crippen molar-refractivity contribution in [3.63, 3.8) is 0 Å². The standard InChI is InChI=1S/C20H20FN3O5S/c1-20(19(26)23-27,30(2,28)29)8-9-24-12-22-17-11-14(13-6-4-3-5-7-13)16(21)10-15(17)18(24)25/h3-7,10-12,27H,8-9H2,1-2H3,(H,23,26). The zero-order valence-electron chi connectivity index (χ0n) is 16.3. The van der Waals surface area contributed by atoms with Crippen LogP contribution in [-0.2, 0) is 21.2 Å². The highest BCUT2D eigenvalue weighted by molar-refractivity contribution is 7.92. The molecular weight excluding hydrogens is 413 g/mol. The number of fused-ring (bicyclic) bond motifs is 1. The van der Waals surface area contributed by atoms with E-state index in [1.165, 1.54) is 17.9 Å². The maximum atomic E-state index is 14.7. The quantitative estimate of drug-likeness (QED) is 0.453. The van der Waals surface area contributed by atoms with Crippen LogP contribution in [0.2, 0.25) is 0 Å². The van der Waals surface area contributed by atoms with Gasteiger partial charge in [0.1, 0.15) is 5.82 Å². The van der Waals surface area contributed by atoms with Crippen molar-refractivity contribution in [3.05, 3.63) is 65.0 Å². The van der Waals surface area contributed by atoms with Gasteiger partial charge >= 0.3 is 0 Å². The lowest BCUT2D eigenvalue weighted by Gasteiger charge is -2.25. The topological polar surface area (TPSA) is 118 Å². The summed E-state index contributed by atoms with van der Waals surface area (Å²) >= 11 is 0. The number of hydrogen-bond donors (Lipinski definition) is 2.